The number of para-hydroxylation sites is 2. The Morgan fingerprint density at radius 2 is 1.84 bits per heavy atom. The largest absolute Gasteiger partial charge is 0.493 e. The summed E-state index contributed by atoms with van der Waals surface area (Å²) in [5, 5.41) is 0. The predicted octanol–water partition coefficient (Wildman–Crippen LogP) is 3.76. The number of nitrogens with zero attached hydrogens (tertiary/aromatic N) is 1. The average molecular weight is 404 g/mol. The molecule has 0 radical (unpaired) electrons. The molecule has 1 aliphatic heterocycles. The number of carbonyl (C=O) groups is 2. The number of aryl methyl sites for hydroxylation is 1. The minimum absolute atomic E-state index is 0.420. The van der Waals surface area contributed by atoms with Gasteiger partial charge in [0.05, 0.1) is 25.0 Å². The van der Waals surface area contributed by atoms with Gasteiger partial charge in [0.15, 0.2) is 11.5 Å². The Hall–Kier alpha value is -2.34. The van der Waals surface area contributed by atoms with E-state index in [0.717, 1.165) is 10.0 Å². The quantitative estimate of drug-likeness (QED) is 0.544. The van der Waals surface area contributed by atoms with Crippen LogP contribution in [-0.2, 0) is 4.79 Å². The van der Waals surface area contributed by atoms with Crippen molar-refractivity contribution in [3.05, 3.63) is 52.0 Å². The third-order valence-electron chi connectivity index (χ3n) is 4.07. The molecule has 0 saturated heterocycles. The molecule has 2 aromatic rings. The van der Waals surface area contributed by atoms with Gasteiger partial charge in [0.1, 0.15) is 0 Å². The molecule has 0 aliphatic carbocycles. The van der Waals surface area contributed by atoms with Crippen molar-refractivity contribution < 1.29 is 19.1 Å². The normalized spacial score (nSPS) is 13.2. The minimum atomic E-state index is -0.478. The highest BCUT2D eigenvalue weighted by Gasteiger charge is 2.36. The maximum Gasteiger partial charge on any atom is 0.299 e. The Bertz CT molecular complexity index is 834. The first-order valence-corrected chi connectivity index (χ1v) is 8.74. The molecule has 3 rings (SSSR count). The summed E-state index contributed by atoms with van der Waals surface area (Å²) in [6.45, 7) is 2.74. The molecule has 0 atom stereocenters. The maximum atomic E-state index is 12.3. The van der Waals surface area contributed by atoms with Crippen molar-refractivity contribution in [2.75, 3.05) is 25.2 Å². The van der Waals surface area contributed by atoms with Gasteiger partial charge in [-0.25, -0.2) is 0 Å². The van der Waals surface area contributed by atoms with E-state index in [0.29, 0.717) is 42.3 Å². The van der Waals surface area contributed by atoms with Gasteiger partial charge in [-0.2, -0.15) is 0 Å². The lowest BCUT2D eigenvalue weighted by Crippen LogP contribution is -2.31. The number of methoxy groups -OCH3 is 1. The molecule has 6 heteroatoms. The number of ketones is 1. The lowest BCUT2D eigenvalue weighted by molar-refractivity contribution is -0.114. The molecule has 25 heavy (non-hydrogen) atoms. The highest BCUT2D eigenvalue weighted by molar-refractivity contribution is 9.10. The number of Topliss-reactive ketones (excluding diaryl/α,β-unsaturated/α-hetero) is 1. The highest BCUT2D eigenvalue weighted by atomic mass is 79.9. The number of amides is 1. The molecule has 0 unspecified atom stereocenters. The Balaban J connectivity index is 1.67. The van der Waals surface area contributed by atoms with Gasteiger partial charge in [-0.05, 0) is 43.2 Å². The number of rotatable bonds is 6. The standard InChI is InChI=1S/C19H18BrNO4/c1-12-10-13(20)11-14-17(12)21(19(23)18(14)22)8-5-9-25-16-7-4-3-6-15(16)24-2/h3-4,6-7,10-11H,5,8-9H2,1-2H3. The smallest absolute Gasteiger partial charge is 0.299 e. The Morgan fingerprint density at radius 3 is 2.56 bits per heavy atom. The van der Waals surface area contributed by atoms with E-state index in [1.165, 1.54) is 0 Å². The number of halogens is 1. The first-order valence-electron chi connectivity index (χ1n) is 7.95. The van der Waals surface area contributed by atoms with Crippen molar-refractivity contribution in [3.8, 4) is 11.5 Å². The van der Waals surface area contributed by atoms with Gasteiger partial charge >= 0.3 is 0 Å². The fraction of sp³-hybridized carbons (Fsp3) is 0.263. The van der Waals surface area contributed by atoms with Crippen molar-refractivity contribution in [3.63, 3.8) is 0 Å². The fourth-order valence-electron chi connectivity index (χ4n) is 2.96. The summed E-state index contributed by atoms with van der Waals surface area (Å²) in [6.07, 6.45) is 0.603. The van der Waals surface area contributed by atoms with Crippen LogP contribution < -0.4 is 14.4 Å². The van der Waals surface area contributed by atoms with Crippen LogP contribution in [0, 0.1) is 6.92 Å². The zero-order valence-corrected chi connectivity index (χ0v) is 15.6. The van der Waals surface area contributed by atoms with Crippen LogP contribution >= 0.6 is 15.9 Å². The molecular weight excluding hydrogens is 386 g/mol. The summed E-state index contributed by atoms with van der Waals surface area (Å²) in [6, 6.07) is 11.0. The van der Waals surface area contributed by atoms with Crippen molar-refractivity contribution in [2.24, 2.45) is 0 Å². The molecule has 0 bridgehead atoms. The molecule has 0 aromatic heterocycles. The van der Waals surface area contributed by atoms with Crippen LogP contribution in [0.25, 0.3) is 0 Å². The third-order valence-corrected chi connectivity index (χ3v) is 4.53. The maximum absolute atomic E-state index is 12.3. The summed E-state index contributed by atoms with van der Waals surface area (Å²) in [5.74, 6) is 0.397. The van der Waals surface area contributed by atoms with E-state index in [2.05, 4.69) is 15.9 Å². The van der Waals surface area contributed by atoms with E-state index in [4.69, 9.17) is 9.47 Å². The zero-order chi connectivity index (χ0) is 18.0. The molecule has 0 N–H and O–H groups in total. The first-order chi connectivity index (χ1) is 12.0. The third kappa shape index (κ3) is 3.39. The summed E-state index contributed by atoms with van der Waals surface area (Å²) >= 11 is 3.37. The van der Waals surface area contributed by atoms with E-state index < -0.39 is 11.7 Å². The monoisotopic (exact) mass is 403 g/mol. The fourth-order valence-corrected chi connectivity index (χ4v) is 3.53. The van der Waals surface area contributed by atoms with E-state index in [1.807, 2.05) is 37.3 Å². The highest BCUT2D eigenvalue weighted by Crippen LogP contribution is 2.35. The number of hydrogen-bond donors (Lipinski definition) is 0. The van der Waals surface area contributed by atoms with Crippen LogP contribution in [0.5, 0.6) is 11.5 Å². The van der Waals surface area contributed by atoms with E-state index >= 15 is 0 Å². The van der Waals surface area contributed by atoms with E-state index in [-0.39, 0.29) is 0 Å². The van der Waals surface area contributed by atoms with Gasteiger partial charge in [-0.3, -0.25) is 9.59 Å². The van der Waals surface area contributed by atoms with Crippen LogP contribution in [0.4, 0.5) is 5.69 Å². The summed E-state index contributed by atoms with van der Waals surface area (Å²) in [7, 11) is 1.59. The van der Waals surface area contributed by atoms with E-state index in [1.54, 1.807) is 18.1 Å². The van der Waals surface area contributed by atoms with Crippen LogP contribution in [0.15, 0.2) is 40.9 Å². The van der Waals surface area contributed by atoms with E-state index in [9.17, 15) is 9.59 Å². The second-order valence-electron chi connectivity index (χ2n) is 5.76. The van der Waals surface area contributed by atoms with Crippen LogP contribution in [0.2, 0.25) is 0 Å². The Kier molecular flexibility index (Phi) is 5.08. The lowest BCUT2D eigenvalue weighted by Gasteiger charge is -2.19. The molecule has 0 spiro atoms. The first kappa shape index (κ1) is 17.5. The zero-order valence-electron chi connectivity index (χ0n) is 14.0. The topological polar surface area (TPSA) is 55.8 Å². The molecule has 1 heterocycles. The summed E-state index contributed by atoms with van der Waals surface area (Å²) in [4.78, 5) is 26.0. The summed E-state index contributed by atoms with van der Waals surface area (Å²) < 4.78 is 11.8. The van der Waals surface area contributed by atoms with Crippen LogP contribution in [0.3, 0.4) is 0 Å². The molecule has 2 aromatic carbocycles. The van der Waals surface area contributed by atoms with Crippen molar-refractivity contribution in [2.45, 2.75) is 13.3 Å². The van der Waals surface area contributed by atoms with Gasteiger partial charge in [0, 0.05) is 11.0 Å². The number of hydrogen-bond acceptors (Lipinski definition) is 4. The van der Waals surface area contributed by atoms with Crippen LogP contribution in [0.1, 0.15) is 22.3 Å². The second-order valence-corrected chi connectivity index (χ2v) is 6.67. The minimum Gasteiger partial charge on any atom is -0.493 e. The van der Waals surface area contributed by atoms with Crippen molar-refractivity contribution in [1.82, 2.24) is 0 Å². The molecule has 1 aliphatic rings. The summed E-state index contributed by atoms with van der Waals surface area (Å²) in [5.41, 5.74) is 2.06. The predicted molar refractivity (Wildman–Crippen MR) is 98.7 cm³/mol. The molecular formula is C19H18BrNO4. The number of anilines is 1. The number of carbonyl (C=O) groups excluding carboxylic acids is 2. The molecule has 5 nitrogen and oxygen atoms in total. The van der Waals surface area contributed by atoms with Crippen LogP contribution in [-0.4, -0.2) is 32.0 Å². The SMILES string of the molecule is COc1ccccc1OCCCN1C(=O)C(=O)c2cc(Br)cc(C)c21. The number of fused-ring (bicyclic) bond motifs is 1. The molecule has 0 saturated carbocycles. The van der Waals surface area contributed by atoms with Gasteiger partial charge in [-0.15, -0.1) is 0 Å². The second kappa shape index (κ2) is 7.27. The Morgan fingerprint density at radius 1 is 1.12 bits per heavy atom. The van der Waals surface area contributed by atoms with Gasteiger partial charge < -0.3 is 14.4 Å². The molecule has 0 fully saturated rings. The molecule has 130 valence electrons. The number of ether oxygens (including phenoxy) is 2. The lowest BCUT2D eigenvalue weighted by atomic mass is 10.1. The van der Waals surface area contributed by atoms with Gasteiger partial charge in [0.2, 0.25) is 0 Å². The average Bonchev–Trinajstić information content (AvgIpc) is 2.84. The Labute approximate surface area is 154 Å². The van der Waals surface area contributed by atoms with Crippen molar-refractivity contribution in [1.29, 1.82) is 0 Å². The van der Waals surface area contributed by atoms with Gasteiger partial charge in [0.25, 0.3) is 11.7 Å². The molecule has 1 amide bonds. The number of benzene rings is 2. The van der Waals surface area contributed by atoms with Crippen molar-refractivity contribution >= 4 is 33.3 Å². The van der Waals surface area contributed by atoms with Gasteiger partial charge in [-0.1, -0.05) is 28.1 Å².